The smallest absolute Gasteiger partial charge is 0.224 e. The second-order valence-electron chi connectivity index (χ2n) is 8.85. The minimum absolute atomic E-state index is 0.00120. The Kier molecular flexibility index (Phi) is 5.75. The van der Waals surface area contributed by atoms with E-state index in [0.717, 1.165) is 48.5 Å². The van der Waals surface area contributed by atoms with Crippen molar-refractivity contribution >= 4 is 17.2 Å². The maximum Gasteiger partial charge on any atom is 0.224 e. The number of fused-ring (bicyclic) bond motifs is 1. The first-order valence-corrected chi connectivity index (χ1v) is 10.9. The highest BCUT2D eigenvalue weighted by Crippen LogP contribution is 2.29. The van der Waals surface area contributed by atoms with Crippen LogP contribution in [0, 0.1) is 25.7 Å². The molecule has 1 N–H and O–H groups in total. The third-order valence-electron chi connectivity index (χ3n) is 5.80. The Morgan fingerprint density at radius 1 is 1.27 bits per heavy atom. The molecule has 1 fully saturated rings. The predicted octanol–water partition coefficient (Wildman–Crippen LogP) is 4.00. The first-order chi connectivity index (χ1) is 14.4. The Morgan fingerprint density at radius 3 is 2.87 bits per heavy atom. The molecule has 0 radical (unpaired) electrons. The zero-order chi connectivity index (χ0) is 21.3. The Bertz CT molecular complexity index is 1050. The Labute approximate surface area is 178 Å². The molecule has 6 nitrogen and oxygen atoms in total. The standard InChI is InChI=1S/C24H31N5O/c1-16(2)14-26-24(30)19-6-5-10-28(15-19)23-22-13-21(27-29(22)11-9-25-23)20-8-7-17(3)12-18(20)4/h7-9,11-13,16,19H,5-6,10,14-15H2,1-4H3,(H,26,30). The van der Waals surface area contributed by atoms with E-state index in [2.05, 4.69) is 67.2 Å². The molecule has 1 atom stereocenters. The van der Waals surface area contributed by atoms with Crippen LogP contribution in [-0.2, 0) is 4.79 Å². The summed E-state index contributed by atoms with van der Waals surface area (Å²) in [4.78, 5) is 19.5. The molecule has 0 spiro atoms. The monoisotopic (exact) mass is 405 g/mol. The average molecular weight is 406 g/mol. The highest BCUT2D eigenvalue weighted by atomic mass is 16.1. The van der Waals surface area contributed by atoms with E-state index in [0.29, 0.717) is 12.5 Å². The summed E-state index contributed by atoms with van der Waals surface area (Å²) in [5.41, 5.74) is 5.53. The molecular weight excluding hydrogens is 374 g/mol. The van der Waals surface area contributed by atoms with E-state index in [4.69, 9.17) is 5.10 Å². The molecule has 1 aliphatic rings. The summed E-state index contributed by atoms with van der Waals surface area (Å²) >= 11 is 0. The van der Waals surface area contributed by atoms with Gasteiger partial charge in [-0.05, 0) is 44.2 Å². The summed E-state index contributed by atoms with van der Waals surface area (Å²) in [6, 6.07) is 8.55. The third kappa shape index (κ3) is 4.18. The molecule has 0 saturated carbocycles. The molecule has 158 valence electrons. The SMILES string of the molecule is Cc1ccc(-c2cc3c(N4CCCC(C(=O)NCC(C)C)C4)nccn3n2)c(C)c1. The van der Waals surface area contributed by atoms with Crippen molar-refractivity contribution in [1.82, 2.24) is 19.9 Å². The van der Waals surface area contributed by atoms with Gasteiger partial charge in [-0.2, -0.15) is 5.10 Å². The number of hydrogen-bond donors (Lipinski definition) is 1. The molecule has 6 heteroatoms. The molecule has 1 unspecified atom stereocenters. The van der Waals surface area contributed by atoms with Gasteiger partial charge in [-0.1, -0.05) is 37.6 Å². The minimum Gasteiger partial charge on any atom is -0.356 e. The van der Waals surface area contributed by atoms with Crippen molar-refractivity contribution in [2.75, 3.05) is 24.5 Å². The molecular formula is C24H31N5O. The van der Waals surface area contributed by atoms with Gasteiger partial charge in [0.05, 0.1) is 11.6 Å². The normalized spacial score (nSPS) is 17.0. The summed E-state index contributed by atoms with van der Waals surface area (Å²) in [7, 11) is 0. The summed E-state index contributed by atoms with van der Waals surface area (Å²) in [6.07, 6.45) is 5.60. The van der Waals surface area contributed by atoms with E-state index in [1.807, 2.05) is 10.7 Å². The number of aryl methyl sites for hydroxylation is 2. The summed E-state index contributed by atoms with van der Waals surface area (Å²) < 4.78 is 1.90. The largest absolute Gasteiger partial charge is 0.356 e. The number of piperidine rings is 1. The fourth-order valence-corrected chi connectivity index (χ4v) is 4.22. The maximum absolute atomic E-state index is 12.6. The molecule has 0 aliphatic carbocycles. The number of aromatic nitrogens is 3. The van der Waals surface area contributed by atoms with E-state index in [1.165, 1.54) is 11.1 Å². The Hall–Kier alpha value is -2.89. The Morgan fingerprint density at radius 2 is 2.10 bits per heavy atom. The van der Waals surface area contributed by atoms with Crippen LogP contribution >= 0.6 is 0 Å². The highest BCUT2D eigenvalue weighted by Gasteiger charge is 2.27. The first kappa shape index (κ1) is 20.4. The molecule has 3 aromatic rings. The molecule has 1 aliphatic heterocycles. The second-order valence-corrected chi connectivity index (χ2v) is 8.85. The first-order valence-electron chi connectivity index (χ1n) is 10.9. The third-order valence-corrected chi connectivity index (χ3v) is 5.80. The zero-order valence-electron chi connectivity index (χ0n) is 18.4. The lowest BCUT2D eigenvalue weighted by atomic mass is 9.97. The van der Waals surface area contributed by atoms with Crippen molar-refractivity contribution in [1.29, 1.82) is 0 Å². The molecule has 1 saturated heterocycles. The lowest BCUT2D eigenvalue weighted by molar-refractivity contribution is -0.125. The fraction of sp³-hybridized carbons (Fsp3) is 0.458. The summed E-state index contributed by atoms with van der Waals surface area (Å²) in [5, 5.41) is 7.90. The van der Waals surface area contributed by atoms with Gasteiger partial charge >= 0.3 is 0 Å². The van der Waals surface area contributed by atoms with E-state index < -0.39 is 0 Å². The van der Waals surface area contributed by atoms with E-state index >= 15 is 0 Å². The van der Waals surface area contributed by atoms with Crippen LogP contribution in [-0.4, -0.2) is 40.1 Å². The van der Waals surface area contributed by atoms with Crippen LogP contribution in [0.1, 0.15) is 37.8 Å². The van der Waals surface area contributed by atoms with Crippen molar-refractivity contribution < 1.29 is 4.79 Å². The van der Waals surface area contributed by atoms with Gasteiger partial charge in [0.1, 0.15) is 5.52 Å². The Balaban J connectivity index is 1.61. The van der Waals surface area contributed by atoms with Crippen molar-refractivity contribution in [2.24, 2.45) is 11.8 Å². The van der Waals surface area contributed by atoms with E-state index in [9.17, 15) is 4.79 Å². The number of amides is 1. The number of anilines is 1. The number of nitrogens with one attached hydrogen (secondary N) is 1. The van der Waals surface area contributed by atoms with Crippen molar-refractivity contribution in [2.45, 2.75) is 40.5 Å². The van der Waals surface area contributed by atoms with Crippen molar-refractivity contribution in [3.05, 3.63) is 47.8 Å². The van der Waals surface area contributed by atoms with Gasteiger partial charge in [0.15, 0.2) is 5.82 Å². The van der Waals surface area contributed by atoms with Gasteiger partial charge in [0, 0.05) is 37.6 Å². The predicted molar refractivity (Wildman–Crippen MR) is 121 cm³/mol. The summed E-state index contributed by atoms with van der Waals surface area (Å²) in [6.45, 7) is 10.8. The van der Waals surface area contributed by atoms with Crippen LogP contribution in [0.4, 0.5) is 5.82 Å². The fourth-order valence-electron chi connectivity index (χ4n) is 4.22. The van der Waals surface area contributed by atoms with Crippen molar-refractivity contribution in [3.63, 3.8) is 0 Å². The lowest BCUT2D eigenvalue weighted by Gasteiger charge is -2.33. The van der Waals surface area contributed by atoms with E-state index in [1.54, 1.807) is 6.20 Å². The number of rotatable bonds is 5. The van der Waals surface area contributed by atoms with Gasteiger partial charge in [-0.25, -0.2) is 9.50 Å². The zero-order valence-corrected chi connectivity index (χ0v) is 18.4. The van der Waals surface area contributed by atoms with Crippen LogP contribution in [0.25, 0.3) is 16.8 Å². The van der Waals surface area contributed by atoms with Gasteiger partial charge < -0.3 is 10.2 Å². The van der Waals surface area contributed by atoms with Gasteiger partial charge in [0.2, 0.25) is 5.91 Å². The number of nitrogens with zero attached hydrogens (tertiary/aromatic N) is 4. The average Bonchev–Trinajstić information content (AvgIpc) is 3.16. The molecule has 1 aromatic carbocycles. The van der Waals surface area contributed by atoms with Crippen LogP contribution in [0.2, 0.25) is 0 Å². The minimum atomic E-state index is 0.00120. The van der Waals surface area contributed by atoms with Crippen molar-refractivity contribution in [3.8, 4) is 11.3 Å². The quantitative estimate of drug-likeness (QED) is 0.697. The topological polar surface area (TPSA) is 62.5 Å². The van der Waals surface area contributed by atoms with Crippen LogP contribution in [0.15, 0.2) is 36.7 Å². The molecule has 3 heterocycles. The van der Waals surface area contributed by atoms with Gasteiger partial charge in [-0.3, -0.25) is 4.79 Å². The number of carbonyl (C=O) groups excluding carboxylic acids is 1. The van der Waals surface area contributed by atoms with Crippen LogP contribution < -0.4 is 10.2 Å². The van der Waals surface area contributed by atoms with E-state index in [-0.39, 0.29) is 11.8 Å². The molecule has 2 aromatic heterocycles. The van der Waals surface area contributed by atoms with Crippen LogP contribution in [0.3, 0.4) is 0 Å². The lowest BCUT2D eigenvalue weighted by Crippen LogP contribution is -2.44. The molecule has 1 amide bonds. The summed E-state index contributed by atoms with van der Waals surface area (Å²) in [5.74, 6) is 1.52. The second kappa shape index (κ2) is 8.46. The molecule has 30 heavy (non-hydrogen) atoms. The number of carbonyl (C=O) groups is 1. The highest BCUT2D eigenvalue weighted by molar-refractivity contribution is 5.81. The van der Waals surface area contributed by atoms with Crippen LogP contribution in [0.5, 0.6) is 0 Å². The van der Waals surface area contributed by atoms with Gasteiger partial charge in [0.25, 0.3) is 0 Å². The molecule has 4 rings (SSSR count). The number of hydrogen-bond acceptors (Lipinski definition) is 4. The van der Waals surface area contributed by atoms with Gasteiger partial charge in [-0.15, -0.1) is 0 Å². The maximum atomic E-state index is 12.6. The molecule has 0 bridgehead atoms. The number of benzene rings is 1.